The Labute approximate surface area is 178 Å². The van der Waals surface area contributed by atoms with E-state index < -0.39 is 0 Å². The van der Waals surface area contributed by atoms with Gasteiger partial charge in [-0.1, -0.05) is 0 Å². The maximum atomic E-state index is 7.38. The van der Waals surface area contributed by atoms with Crippen LogP contribution in [0.15, 0.2) is 48.5 Å². The van der Waals surface area contributed by atoms with Crippen molar-refractivity contribution in [2.45, 2.75) is 12.8 Å². The molecule has 0 unspecified atom stereocenters. The molecule has 0 atom stereocenters. The van der Waals surface area contributed by atoms with Crippen LogP contribution >= 0.6 is 0 Å². The van der Waals surface area contributed by atoms with E-state index in [4.69, 9.17) is 27.0 Å². The van der Waals surface area contributed by atoms with Gasteiger partial charge < -0.3 is 32.2 Å². The summed E-state index contributed by atoms with van der Waals surface area (Å²) in [7, 11) is 0. The monoisotopic (exact) mass is 411 g/mol. The average Bonchev–Trinajstić information content (AvgIpc) is 2.75. The number of benzene rings is 2. The number of nitrogens with two attached hydrogens (primary N) is 2. The zero-order valence-electron chi connectivity index (χ0n) is 17.3. The number of amidine groups is 2. The van der Waals surface area contributed by atoms with Crippen LogP contribution < -0.4 is 32.2 Å². The first-order chi connectivity index (χ1) is 14.6. The summed E-state index contributed by atoms with van der Waals surface area (Å²) in [5, 5.41) is 24.9. The first-order valence-electron chi connectivity index (χ1n) is 10.2. The topological polar surface area (TPSA) is 145 Å². The summed E-state index contributed by atoms with van der Waals surface area (Å²) in [6.07, 6.45) is 1.96. The largest absolute Gasteiger partial charge is 0.494 e. The van der Waals surface area contributed by atoms with Crippen molar-refractivity contribution in [2.24, 2.45) is 11.5 Å². The molecule has 8 heteroatoms. The molecule has 0 aliphatic rings. The Morgan fingerprint density at radius 3 is 1.80 bits per heavy atom. The van der Waals surface area contributed by atoms with E-state index >= 15 is 0 Å². The molecule has 30 heavy (non-hydrogen) atoms. The molecule has 0 aromatic heterocycles. The van der Waals surface area contributed by atoms with Gasteiger partial charge in [-0.25, -0.2) is 0 Å². The van der Waals surface area contributed by atoms with Gasteiger partial charge in [0.1, 0.15) is 17.4 Å². The Kier molecular flexibility index (Phi) is 10.2. The van der Waals surface area contributed by atoms with Crippen LogP contribution in [0.3, 0.4) is 0 Å². The summed E-state index contributed by atoms with van der Waals surface area (Å²) < 4.78 is 5.68. The second-order valence-corrected chi connectivity index (χ2v) is 6.91. The number of nitrogen functional groups attached to an aromatic ring is 2. The first-order valence-corrected chi connectivity index (χ1v) is 10.2. The van der Waals surface area contributed by atoms with Gasteiger partial charge in [0, 0.05) is 36.4 Å². The molecule has 0 saturated carbocycles. The van der Waals surface area contributed by atoms with Gasteiger partial charge in [0.15, 0.2) is 0 Å². The van der Waals surface area contributed by atoms with Gasteiger partial charge in [0.05, 0.1) is 6.61 Å². The molecule has 9 N–H and O–H groups in total. The second-order valence-electron chi connectivity index (χ2n) is 6.91. The van der Waals surface area contributed by atoms with Crippen LogP contribution in [0, 0.1) is 10.8 Å². The quantitative estimate of drug-likeness (QED) is 0.135. The number of anilines is 1. The van der Waals surface area contributed by atoms with Crippen LogP contribution in [0.5, 0.6) is 5.75 Å². The van der Waals surface area contributed by atoms with Gasteiger partial charge in [-0.3, -0.25) is 10.8 Å². The SMILES string of the molecule is N=C(N)c1ccc(NCCCNCCNCCCOc2ccc(C(=N)N)cc2)cc1. The fourth-order valence-corrected chi connectivity index (χ4v) is 2.76. The van der Waals surface area contributed by atoms with E-state index in [1.54, 1.807) is 12.1 Å². The van der Waals surface area contributed by atoms with Crippen molar-refractivity contribution in [3.63, 3.8) is 0 Å². The molecule has 0 aliphatic carbocycles. The normalized spacial score (nSPS) is 10.5. The van der Waals surface area contributed by atoms with Crippen molar-refractivity contribution >= 4 is 17.4 Å². The highest BCUT2D eigenvalue weighted by Gasteiger charge is 1.98. The fourth-order valence-electron chi connectivity index (χ4n) is 2.76. The lowest BCUT2D eigenvalue weighted by Gasteiger charge is -2.09. The molecule has 2 aromatic carbocycles. The Morgan fingerprint density at radius 2 is 1.23 bits per heavy atom. The molecule has 0 spiro atoms. The van der Waals surface area contributed by atoms with E-state index in [-0.39, 0.29) is 11.7 Å². The van der Waals surface area contributed by atoms with Crippen molar-refractivity contribution in [1.29, 1.82) is 10.8 Å². The minimum absolute atomic E-state index is 0.0658. The summed E-state index contributed by atoms with van der Waals surface area (Å²) in [6.45, 7) is 5.27. The van der Waals surface area contributed by atoms with Crippen LogP contribution in [0.4, 0.5) is 5.69 Å². The number of hydrogen-bond acceptors (Lipinski definition) is 6. The maximum Gasteiger partial charge on any atom is 0.122 e. The molecule has 0 saturated heterocycles. The van der Waals surface area contributed by atoms with Gasteiger partial charge in [0.2, 0.25) is 0 Å². The minimum Gasteiger partial charge on any atom is -0.494 e. The highest BCUT2D eigenvalue weighted by atomic mass is 16.5. The Morgan fingerprint density at radius 1 is 0.700 bits per heavy atom. The molecule has 0 amide bonds. The number of rotatable bonds is 15. The molecule has 0 fully saturated rings. The standard InChI is InChI=1S/C22H33N7O/c23-21(24)17-3-7-19(8-4-17)29-13-1-11-27-14-15-28-12-2-16-30-20-9-5-18(6-10-20)22(25)26/h3-10,27-29H,1-2,11-16H2,(H3,23,24)(H3,25,26). The number of ether oxygens (including phenoxy) is 1. The van der Waals surface area contributed by atoms with Crippen molar-refractivity contribution in [1.82, 2.24) is 10.6 Å². The summed E-state index contributed by atoms with van der Waals surface area (Å²) >= 11 is 0. The lowest BCUT2D eigenvalue weighted by molar-refractivity contribution is 0.308. The van der Waals surface area contributed by atoms with Crippen molar-refractivity contribution in [3.05, 3.63) is 59.7 Å². The summed E-state index contributed by atoms with van der Waals surface area (Å²) in [4.78, 5) is 0. The second kappa shape index (κ2) is 13.2. The highest BCUT2D eigenvalue weighted by Crippen LogP contribution is 2.12. The number of hydrogen-bond donors (Lipinski definition) is 7. The lowest BCUT2D eigenvalue weighted by Crippen LogP contribution is -2.29. The molecule has 2 rings (SSSR count). The van der Waals surface area contributed by atoms with Gasteiger partial charge in [0.25, 0.3) is 0 Å². The Balaban J connectivity index is 1.39. The van der Waals surface area contributed by atoms with Crippen molar-refractivity contribution in [3.8, 4) is 5.75 Å². The maximum absolute atomic E-state index is 7.38. The predicted octanol–water partition coefficient (Wildman–Crippen LogP) is 1.71. The minimum atomic E-state index is 0.0658. The van der Waals surface area contributed by atoms with Crippen molar-refractivity contribution < 1.29 is 4.74 Å². The van der Waals surface area contributed by atoms with E-state index in [1.165, 1.54) is 0 Å². The lowest BCUT2D eigenvalue weighted by atomic mass is 10.2. The van der Waals surface area contributed by atoms with E-state index in [9.17, 15) is 0 Å². The smallest absolute Gasteiger partial charge is 0.122 e. The highest BCUT2D eigenvalue weighted by molar-refractivity contribution is 5.95. The molecule has 0 radical (unpaired) electrons. The van der Waals surface area contributed by atoms with Gasteiger partial charge in [-0.2, -0.15) is 0 Å². The zero-order chi connectivity index (χ0) is 21.6. The third-order valence-electron chi connectivity index (χ3n) is 4.47. The van der Waals surface area contributed by atoms with E-state index in [2.05, 4.69) is 16.0 Å². The Hall–Kier alpha value is -3.10. The molecule has 162 valence electrons. The van der Waals surface area contributed by atoms with Crippen LogP contribution in [0.1, 0.15) is 24.0 Å². The molecular weight excluding hydrogens is 378 g/mol. The first kappa shape index (κ1) is 23.2. The van der Waals surface area contributed by atoms with Gasteiger partial charge in [-0.15, -0.1) is 0 Å². The zero-order valence-corrected chi connectivity index (χ0v) is 17.3. The predicted molar refractivity (Wildman–Crippen MR) is 124 cm³/mol. The van der Waals surface area contributed by atoms with Gasteiger partial charge >= 0.3 is 0 Å². The summed E-state index contributed by atoms with van der Waals surface area (Å²) in [6, 6.07) is 14.8. The summed E-state index contributed by atoms with van der Waals surface area (Å²) in [5.74, 6) is 0.952. The molecular formula is C22H33N7O. The van der Waals surface area contributed by atoms with Crippen molar-refractivity contribution in [2.75, 3.05) is 44.6 Å². The van der Waals surface area contributed by atoms with E-state index in [0.29, 0.717) is 12.2 Å². The number of nitrogens with one attached hydrogen (secondary N) is 5. The third kappa shape index (κ3) is 8.93. The molecule has 2 aromatic rings. The van der Waals surface area contributed by atoms with E-state index in [1.807, 2.05) is 36.4 Å². The van der Waals surface area contributed by atoms with E-state index in [0.717, 1.165) is 62.6 Å². The fraction of sp³-hybridized carbons (Fsp3) is 0.364. The molecule has 8 nitrogen and oxygen atoms in total. The third-order valence-corrected chi connectivity index (χ3v) is 4.47. The van der Waals surface area contributed by atoms with Crippen LogP contribution in [0.2, 0.25) is 0 Å². The average molecular weight is 412 g/mol. The Bertz CT molecular complexity index is 708. The van der Waals surface area contributed by atoms with Gasteiger partial charge in [-0.05, 0) is 74.5 Å². The van der Waals surface area contributed by atoms with Crippen LogP contribution in [-0.2, 0) is 0 Å². The van der Waals surface area contributed by atoms with Crippen LogP contribution in [0.25, 0.3) is 0 Å². The molecule has 0 aliphatic heterocycles. The molecule has 0 heterocycles. The molecule has 0 bridgehead atoms. The van der Waals surface area contributed by atoms with Crippen LogP contribution in [-0.4, -0.2) is 51.0 Å². The summed E-state index contributed by atoms with van der Waals surface area (Å²) in [5.41, 5.74) is 13.4.